The largest absolute Gasteiger partial charge is 0.416 e. The lowest BCUT2D eigenvalue weighted by Crippen LogP contribution is -2.05. The molecule has 1 aromatic carbocycles. The van der Waals surface area contributed by atoms with Gasteiger partial charge in [0.25, 0.3) is 0 Å². The Balaban J connectivity index is 2.32. The van der Waals surface area contributed by atoms with E-state index in [1.165, 1.54) is 6.20 Å². The lowest BCUT2D eigenvalue weighted by Gasteiger charge is -2.08. The zero-order valence-corrected chi connectivity index (χ0v) is 8.92. The summed E-state index contributed by atoms with van der Waals surface area (Å²) in [5.41, 5.74) is 0.461. The van der Waals surface area contributed by atoms with Crippen LogP contribution in [0.4, 0.5) is 13.2 Å². The second kappa shape index (κ2) is 3.59. The van der Waals surface area contributed by atoms with E-state index in [-0.39, 0.29) is 0 Å². The van der Waals surface area contributed by atoms with Crippen LogP contribution in [0.3, 0.4) is 0 Å². The molecule has 0 radical (unpaired) electrons. The van der Waals surface area contributed by atoms with Crippen LogP contribution in [-0.4, -0.2) is 20.4 Å². The topological polar surface area (TPSA) is 57.4 Å². The van der Waals surface area contributed by atoms with E-state index in [9.17, 15) is 13.2 Å². The fourth-order valence-electron chi connectivity index (χ4n) is 1.84. The van der Waals surface area contributed by atoms with E-state index in [4.69, 9.17) is 0 Å². The Morgan fingerprint density at radius 1 is 1.17 bits per heavy atom. The predicted molar refractivity (Wildman–Crippen MR) is 58.7 cm³/mol. The summed E-state index contributed by atoms with van der Waals surface area (Å²) in [6.45, 7) is 0. The number of hydrogen-bond donors (Lipinski definition) is 2. The molecule has 0 spiro atoms. The molecule has 3 rings (SSSR count). The predicted octanol–water partition coefficient (Wildman–Crippen LogP) is 2.97. The van der Waals surface area contributed by atoms with Gasteiger partial charge in [-0.25, -0.2) is 0 Å². The summed E-state index contributed by atoms with van der Waals surface area (Å²) in [7, 11) is 0. The third kappa shape index (κ3) is 1.64. The Labute approximate surface area is 98.8 Å². The van der Waals surface area contributed by atoms with Crippen molar-refractivity contribution in [2.75, 3.05) is 0 Å². The monoisotopic (exact) mass is 252 g/mol. The van der Waals surface area contributed by atoms with Gasteiger partial charge >= 0.3 is 6.18 Å². The first-order valence-electron chi connectivity index (χ1n) is 5.10. The molecule has 0 aliphatic rings. The summed E-state index contributed by atoms with van der Waals surface area (Å²) < 4.78 is 38.3. The van der Waals surface area contributed by atoms with E-state index < -0.39 is 11.7 Å². The van der Waals surface area contributed by atoms with E-state index in [1.807, 2.05) is 0 Å². The molecule has 0 aliphatic carbocycles. The van der Waals surface area contributed by atoms with Crippen LogP contribution in [0.15, 0.2) is 30.6 Å². The molecule has 0 saturated heterocycles. The maximum atomic E-state index is 12.8. The molecule has 7 heteroatoms. The van der Waals surface area contributed by atoms with Crippen LogP contribution >= 0.6 is 0 Å². The molecular formula is C11H7F3N4. The van der Waals surface area contributed by atoms with E-state index in [0.717, 1.165) is 12.1 Å². The average molecular weight is 252 g/mol. The van der Waals surface area contributed by atoms with Crippen LogP contribution in [0.5, 0.6) is 0 Å². The van der Waals surface area contributed by atoms with Gasteiger partial charge in [-0.2, -0.15) is 23.4 Å². The van der Waals surface area contributed by atoms with Gasteiger partial charge in [0.1, 0.15) is 0 Å². The van der Waals surface area contributed by atoms with Crippen molar-refractivity contribution in [2.45, 2.75) is 6.18 Å². The Kier molecular flexibility index (Phi) is 2.16. The Hall–Kier alpha value is -2.31. The first-order valence-corrected chi connectivity index (χ1v) is 5.10. The number of aromatic amines is 2. The van der Waals surface area contributed by atoms with Gasteiger partial charge in [-0.15, -0.1) is 0 Å². The van der Waals surface area contributed by atoms with Gasteiger partial charge < -0.3 is 0 Å². The first kappa shape index (κ1) is 10.8. The number of nitrogens with zero attached hydrogens (tertiary/aromatic N) is 2. The quantitative estimate of drug-likeness (QED) is 0.699. The van der Waals surface area contributed by atoms with Crippen LogP contribution < -0.4 is 0 Å². The van der Waals surface area contributed by atoms with Crippen LogP contribution in [0.25, 0.3) is 22.2 Å². The molecule has 0 unspecified atom stereocenters. The minimum absolute atomic E-state index is 0.336. The minimum atomic E-state index is -4.40. The van der Waals surface area contributed by atoms with Gasteiger partial charge in [-0.1, -0.05) is 0 Å². The highest BCUT2D eigenvalue weighted by Crippen LogP contribution is 2.35. The number of rotatable bonds is 1. The third-order valence-electron chi connectivity index (χ3n) is 2.66. The number of hydrogen-bond acceptors (Lipinski definition) is 2. The molecule has 0 atom stereocenters. The smallest absolute Gasteiger partial charge is 0.285 e. The maximum Gasteiger partial charge on any atom is 0.416 e. The van der Waals surface area contributed by atoms with E-state index in [2.05, 4.69) is 20.4 Å². The van der Waals surface area contributed by atoms with Crippen molar-refractivity contribution in [2.24, 2.45) is 0 Å². The third-order valence-corrected chi connectivity index (χ3v) is 2.66. The van der Waals surface area contributed by atoms with E-state index >= 15 is 0 Å². The summed E-state index contributed by atoms with van der Waals surface area (Å²) in [4.78, 5) is 0. The minimum Gasteiger partial charge on any atom is -0.285 e. The highest BCUT2D eigenvalue weighted by molar-refractivity contribution is 5.94. The van der Waals surface area contributed by atoms with Crippen LogP contribution in [0, 0.1) is 0 Å². The van der Waals surface area contributed by atoms with Crippen molar-refractivity contribution >= 4 is 10.9 Å². The van der Waals surface area contributed by atoms with Gasteiger partial charge in [-0.3, -0.25) is 10.2 Å². The average Bonchev–Trinajstić information content (AvgIpc) is 2.97. The second-order valence-corrected chi connectivity index (χ2v) is 3.81. The van der Waals surface area contributed by atoms with Gasteiger partial charge in [0, 0.05) is 17.1 Å². The van der Waals surface area contributed by atoms with Crippen molar-refractivity contribution < 1.29 is 13.2 Å². The standard InChI is InChI=1S/C11H7F3N4/c12-11(13,14)6-3-7(9-1-2-15-17-9)8-5-16-18-10(8)4-6/h1-5H,(H,15,17)(H,16,18). The number of alkyl halides is 3. The molecule has 0 fully saturated rings. The molecule has 2 N–H and O–H groups in total. The van der Waals surface area contributed by atoms with Crippen molar-refractivity contribution in [1.82, 2.24) is 20.4 Å². The van der Waals surface area contributed by atoms with Crippen molar-refractivity contribution in [3.05, 3.63) is 36.2 Å². The summed E-state index contributed by atoms with van der Waals surface area (Å²) in [6.07, 6.45) is -1.36. The molecule has 92 valence electrons. The molecule has 2 aromatic heterocycles. The number of nitrogens with one attached hydrogen (secondary N) is 2. The first-order chi connectivity index (χ1) is 8.55. The molecule has 4 nitrogen and oxygen atoms in total. The zero-order chi connectivity index (χ0) is 12.8. The molecule has 2 heterocycles. The van der Waals surface area contributed by atoms with Gasteiger partial charge in [0.2, 0.25) is 0 Å². The van der Waals surface area contributed by atoms with Crippen LogP contribution in [0.1, 0.15) is 5.56 Å². The number of H-pyrrole nitrogens is 2. The molecule has 0 bridgehead atoms. The lowest BCUT2D eigenvalue weighted by atomic mass is 10.0. The van der Waals surface area contributed by atoms with E-state index in [1.54, 1.807) is 12.3 Å². The highest BCUT2D eigenvalue weighted by Gasteiger charge is 2.31. The number of aromatic nitrogens is 4. The molecule has 0 aliphatic heterocycles. The number of halogens is 3. The zero-order valence-electron chi connectivity index (χ0n) is 8.92. The second-order valence-electron chi connectivity index (χ2n) is 3.81. The normalized spacial score (nSPS) is 12.2. The summed E-state index contributed by atoms with van der Waals surface area (Å²) in [6, 6.07) is 3.73. The van der Waals surface area contributed by atoms with Gasteiger partial charge in [0.15, 0.2) is 0 Å². The Bertz CT molecular complexity index is 682. The molecular weight excluding hydrogens is 245 g/mol. The summed E-state index contributed by atoms with van der Waals surface area (Å²) >= 11 is 0. The molecule has 18 heavy (non-hydrogen) atoms. The molecule has 3 aromatic rings. The van der Waals surface area contributed by atoms with Gasteiger partial charge in [-0.05, 0) is 18.2 Å². The highest BCUT2D eigenvalue weighted by atomic mass is 19.4. The fraction of sp³-hybridized carbons (Fsp3) is 0.0909. The fourth-order valence-corrected chi connectivity index (χ4v) is 1.84. The number of fused-ring (bicyclic) bond motifs is 1. The molecule has 0 amide bonds. The Morgan fingerprint density at radius 2 is 2.00 bits per heavy atom. The van der Waals surface area contributed by atoms with E-state index in [0.29, 0.717) is 22.2 Å². The van der Waals surface area contributed by atoms with Crippen molar-refractivity contribution in [3.8, 4) is 11.3 Å². The summed E-state index contributed by atoms with van der Waals surface area (Å²) in [5.74, 6) is 0. The maximum absolute atomic E-state index is 12.8. The van der Waals surface area contributed by atoms with Crippen LogP contribution in [-0.2, 0) is 6.18 Å². The van der Waals surface area contributed by atoms with Gasteiger partial charge in [0.05, 0.1) is 23.0 Å². The number of benzene rings is 1. The van der Waals surface area contributed by atoms with Crippen molar-refractivity contribution in [1.29, 1.82) is 0 Å². The van der Waals surface area contributed by atoms with Crippen molar-refractivity contribution in [3.63, 3.8) is 0 Å². The molecule has 0 saturated carbocycles. The lowest BCUT2D eigenvalue weighted by molar-refractivity contribution is -0.137. The Morgan fingerprint density at radius 3 is 2.67 bits per heavy atom. The SMILES string of the molecule is FC(F)(F)c1cc(-c2cc[nH]n2)c2cn[nH]c2c1. The summed E-state index contributed by atoms with van der Waals surface area (Å²) in [5, 5.41) is 13.4. The van der Waals surface area contributed by atoms with Crippen LogP contribution in [0.2, 0.25) is 0 Å².